The fourth-order valence-electron chi connectivity index (χ4n) is 3.51. The van der Waals surface area contributed by atoms with Gasteiger partial charge in [0, 0.05) is 23.2 Å². The van der Waals surface area contributed by atoms with Crippen molar-refractivity contribution in [1.29, 1.82) is 0 Å². The zero-order valence-corrected chi connectivity index (χ0v) is 17.0. The van der Waals surface area contributed by atoms with Crippen LogP contribution in [0.15, 0.2) is 52.3 Å². The molecule has 2 aromatic carbocycles. The Morgan fingerprint density at radius 1 is 1.04 bits per heavy atom. The number of amides is 1. The van der Waals surface area contributed by atoms with E-state index in [0.29, 0.717) is 12.5 Å². The molecule has 1 aliphatic heterocycles. The Kier molecular flexibility index (Phi) is 5.98. The number of fused-ring (bicyclic) bond motifs is 2. The second kappa shape index (κ2) is 8.27. The van der Waals surface area contributed by atoms with Gasteiger partial charge < -0.3 is 5.32 Å². The fourth-order valence-corrected chi connectivity index (χ4v) is 5.19. The molecule has 0 spiro atoms. The standard InChI is InChI=1S/C22H25NO4S/c1-3-5-8-15(4-2)14-23-22(25)16-11-12-18-20(13-16)28(26,27)19-10-7-6-9-17(19)21(18)24/h6-7,9-13,15H,3-5,8,14H2,1-2H3,(H,23,25)/t15-/m0/s1. The maximum atomic E-state index is 13.0. The Labute approximate surface area is 166 Å². The van der Waals surface area contributed by atoms with Crippen molar-refractivity contribution in [3.8, 4) is 0 Å². The van der Waals surface area contributed by atoms with Crippen LogP contribution in [0.4, 0.5) is 0 Å². The summed E-state index contributed by atoms with van der Waals surface area (Å²) in [5, 5.41) is 2.90. The van der Waals surface area contributed by atoms with E-state index in [9.17, 15) is 18.0 Å². The Morgan fingerprint density at radius 3 is 2.46 bits per heavy atom. The summed E-state index contributed by atoms with van der Waals surface area (Å²) in [4.78, 5) is 25.1. The SMILES string of the molecule is CCCC[C@H](CC)CNC(=O)c1ccc2c(c1)S(=O)(=O)c1ccccc1C2=O. The minimum Gasteiger partial charge on any atom is -0.352 e. The van der Waals surface area contributed by atoms with E-state index < -0.39 is 9.84 Å². The smallest absolute Gasteiger partial charge is 0.251 e. The van der Waals surface area contributed by atoms with Crippen LogP contribution in [-0.2, 0) is 9.84 Å². The fraction of sp³-hybridized carbons (Fsp3) is 0.364. The first-order valence-corrected chi connectivity index (χ1v) is 11.2. The number of hydrogen-bond acceptors (Lipinski definition) is 4. The number of carbonyl (C=O) groups is 2. The minimum absolute atomic E-state index is 0.00401. The molecule has 148 valence electrons. The van der Waals surface area contributed by atoms with Gasteiger partial charge in [0.25, 0.3) is 5.91 Å². The summed E-state index contributed by atoms with van der Waals surface area (Å²) in [7, 11) is -3.84. The maximum absolute atomic E-state index is 13.0. The summed E-state index contributed by atoms with van der Waals surface area (Å²) < 4.78 is 25.9. The Hall–Kier alpha value is -2.47. The third-order valence-corrected chi connectivity index (χ3v) is 7.15. The van der Waals surface area contributed by atoms with Crippen LogP contribution < -0.4 is 5.32 Å². The lowest BCUT2D eigenvalue weighted by Crippen LogP contribution is -2.29. The van der Waals surface area contributed by atoms with Crippen molar-refractivity contribution in [2.75, 3.05) is 6.54 Å². The molecule has 0 aromatic heterocycles. The predicted octanol–water partition coefficient (Wildman–Crippen LogP) is 4.01. The van der Waals surface area contributed by atoms with E-state index in [4.69, 9.17) is 0 Å². The van der Waals surface area contributed by atoms with Gasteiger partial charge >= 0.3 is 0 Å². The third-order valence-electron chi connectivity index (χ3n) is 5.29. The second-order valence-electron chi connectivity index (χ2n) is 7.17. The number of hydrogen-bond donors (Lipinski definition) is 1. The molecule has 0 saturated heterocycles. The Bertz CT molecular complexity index is 1010. The van der Waals surface area contributed by atoms with Crippen molar-refractivity contribution in [2.24, 2.45) is 5.92 Å². The van der Waals surface area contributed by atoms with Crippen LogP contribution in [0, 0.1) is 5.92 Å². The van der Waals surface area contributed by atoms with Crippen LogP contribution in [0.1, 0.15) is 65.8 Å². The van der Waals surface area contributed by atoms with Gasteiger partial charge in [0.05, 0.1) is 9.79 Å². The maximum Gasteiger partial charge on any atom is 0.251 e. The van der Waals surface area contributed by atoms with Gasteiger partial charge in [0.2, 0.25) is 9.84 Å². The zero-order chi connectivity index (χ0) is 20.3. The quantitative estimate of drug-likeness (QED) is 0.651. The van der Waals surface area contributed by atoms with Crippen molar-refractivity contribution < 1.29 is 18.0 Å². The van der Waals surface area contributed by atoms with E-state index in [-0.39, 0.29) is 38.2 Å². The minimum atomic E-state index is -3.84. The number of carbonyl (C=O) groups excluding carboxylic acids is 2. The summed E-state index contributed by atoms with van der Waals surface area (Å²) in [6, 6.07) is 10.4. The lowest BCUT2D eigenvalue weighted by molar-refractivity contribution is 0.0943. The number of sulfone groups is 1. The molecule has 0 bridgehead atoms. The van der Waals surface area contributed by atoms with E-state index in [1.54, 1.807) is 12.1 Å². The molecule has 1 N–H and O–H groups in total. The van der Waals surface area contributed by atoms with Gasteiger partial charge in [0.1, 0.15) is 0 Å². The van der Waals surface area contributed by atoms with Crippen molar-refractivity contribution in [2.45, 2.75) is 49.3 Å². The summed E-state index contributed by atoms with van der Waals surface area (Å²) in [6.45, 7) is 4.79. The molecule has 3 rings (SSSR count). The highest BCUT2D eigenvalue weighted by molar-refractivity contribution is 7.91. The highest BCUT2D eigenvalue weighted by Gasteiger charge is 2.35. The predicted molar refractivity (Wildman–Crippen MR) is 107 cm³/mol. The average Bonchev–Trinajstić information content (AvgIpc) is 2.72. The topological polar surface area (TPSA) is 80.3 Å². The van der Waals surface area contributed by atoms with E-state index >= 15 is 0 Å². The van der Waals surface area contributed by atoms with Gasteiger partial charge in [-0.05, 0) is 42.7 Å². The van der Waals surface area contributed by atoms with Crippen LogP contribution in [0.25, 0.3) is 0 Å². The molecular weight excluding hydrogens is 374 g/mol. The summed E-state index contributed by atoms with van der Waals surface area (Å²) in [5.74, 6) is -0.254. The first-order chi connectivity index (χ1) is 13.4. The van der Waals surface area contributed by atoms with Crippen LogP contribution >= 0.6 is 0 Å². The number of nitrogens with one attached hydrogen (secondary N) is 1. The molecule has 0 saturated carbocycles. The van der Waals surface area contributed by atoms with E-state index in [0.717, 1.165) is 25.7 Å². The lowest BCUT2D eigenvalue weighted by Gasteiger charge is -2.19. The van der Waals surface area contributed by atoms with Crippen molar-refractivity contribution in [3.05, 3.63) is 59.2 Å². The molecule has 1 heterocycles. The largest absolute Gasteiger partial charge is 0.352 e. The molecule has 0 aliphatic carbocycles. The second-order valence-corrected chi connectivity index (χ2v) is 9.05. The summed E-state index contributed by atoms with van der Waals surface area (Å²) >= 11 is 0. The van der Waals surface area contributed by atoms with Crippen molar-refractivity contribution >= 4 is 21.5 Å². The van der Waals surface area contributed by atoms with E-state index in [1.807, 2.05) is 0 Å². The van der Waals surface area contributed by atoms with Crippen LogP contribution in [-0.4, -0.2) is 26.7 Å². The Morgan fingerprint density at radius 2 is 1.75 bits per heavy atom. The summed E-state index contributed by atoms with van der Waals surface area (Å²) in [6.07, 6.45) is 4.26. The molecular formula is C22H25NO4S. The molecule has 28 heavy (non-hydrogen) atoms. The van der Waals surface area contributed by atoms with Gasteiger partial charge in [-0.1, -0.05) is 45.2 Å². The van der Waals surface area contributed by atoms with Crippen LogP contribution in [0.3, 0.4) is 0 Å². The summed E-state index contributed by atoms with van der Waals surface area (Å²) in [5.41, 5.74) is 0.540. The van der Waals surface area contributed by atoms with Gasteiger partial charge in [-0.3, -0.25) is 9.59 Å². The van der Waals surface area contributed by atoms with Gasteiger partial charge in [-0.15, -0.1) is 0 Å². The molecule has 0 unspecified atom stereocenters. The van der Waals surface area contributed by atoms with Crippen LogP contribution in [0.2, 0.25) is 0 Å². The number of rotatable bonds is 7. The molecule has 5 nitrogen and oxygen atoms in total. The monoisotopic (exact) mass is 399 g/mol. The number of unbranched alkanes of at least 4 members (excludes halogenated alkanes) is 1. The molecule has 0 radical (unpaired) electrons. The average molecular weight is 400 g/mol. The third kappa shape index (κ3) is 3.74. The molecule has 1 aliphatic rings. The van der Waals surface area contributed by atoms with E-state index in [1.165, 1.54) is 30.3 Å². The number of ketones is 1. The first-order valence-electron chi connectivity index (χ1n) is 9.71. The highest BCUT2D eigenvalue weighted by atomic mass is 32.2. The van der Waals surface area contributed by atoms with Crippen molar-refractivity contribution in [1.82, 2.24) is 5.32 Å². The molecule has 2 aromatic rings. The van der Waals surface area contributed by atoms with Gasteiger partial charge in [0.15, 0.2) is 5.78 Å². The molecule has 6 heteroatoms. The van der Waals surface area contributed by atoms with E-state index in [2.05, 4.69) is 19.2 Å². The van der Waals surface area contributed by atoms with Crippen molar-refractivity contribution in [3.63, 3.8) is 0 Å². The first kappa shape index (κ1) is 20.3. The normalized spacial score (nSPS) is 15.4. The van der Waals surface area contributed by atoms with Gasteiger partial charge in [-0.2, -0.15) is 0 Å². The highest BCUT2D eigenvalue weighted by Crippen LogP contribution is 2.34. The molecule has 0 fully saturated rings. The zero-order valence-electron chi connectivity index (χ0n) is 16.2. The Balaban J connectivity index is 1.86. The lowest BCUT2D eigenvalue weighted by atomic mass is 9.99. The molecule has 1 amide bonds. The van der Waals surface area contributed by atoms with Crippen LogP contribution in [0.5, 0.6) is 0 Å². The molecule has 1 atom stereocenters. The van der Waals surface area contributed by atoms with Gasteiger partial charge in [-0.25, -0.2) is 8.42 Å². The number of benzene rings is 2.